The predicted octanol–water partition coefficient (Wildman–Crippen LogP) is 6.26. The molecule has 2 aliphatic rings. The highest BCUT2D eigenvalue weighted by atomic mass is 35.5. The number of amides is 1. The normalized spacial score (nSPS) is 17.2. The first-order chi connectivity index (χ1) is 19.4. The van der Waals surface area contributed by atoms with E-state index in [2.05, 4.69) is 39.2 Å². The molecule has 8 nitrogen and oxygen atoms in total. The lowest BCUT2D eigenvalue weighted by atomic mass is 10.0. The molecule has 218 valence electrons. The van der Waals surface area contributed by atoms with Gasteiger partial charge in [-0.05, 0) is 85.0 Å². The number of carbonyl (C=O) groups is 1. The van der Waals surface area contributed by atoms with Crippen molar-refractivity contribution in [2.45, 2.75) is 58.2 Å². The van der Waals surface area contributed by atoms with Crippen molar-refractivity contribution < 1.29 is 18.3 Å². The van der Waals surface area contributed by atoms with Crippen LogP contribution >= 0.6 is 11.6 Å². The molecule has 0 unspecified atom stereocenters. The fourth-order valence-electron chi connectivity index (χ4n) is 5.43. The van der Waals surface area contributed by atoms with Crippen molar-refractivity contribution >= 4 is 40.5 Å². The molecule has 3 heterocycles. The lowest BCUT2D eigenvalue weighted by molar-refractivity contribution is -0.133. The molecule has 3 aromatic rings. The lowest BCUT2D eigenvalue weighted by Gasteiger charge is -2.41. The highest BCUT2D eigenvalue weighted by Crippen LogP contribution is 2.46. The van der Waals surface area contributed by atoms with Gasteiger partial charge in [0.25, 0.3) is 5.91 Å². The van der Waals surface area contributed by atoms with Gasteiger partial charge in [-0.2, -0.15) is 0 Å². The quantitative estimate of drug-likeness (QED) is 0.366. The zero-order valence-corrected chi connectivity index (χ0v) is 24.9. The summed E-state index contributed by atoms with van der Waals surface area (Å²) >= 11 is 6.59. The first kappa shape index (κ1) is 29.0. The standard InChI is InChI=1S/C30H35ClF2N6O2/c1-17(2)39-25-14-18(13-21(31)27(25)41-30(3,4)28(39)40)26-23(33)16-34-29(36-26)35-19-7-8-24(22(32)15-19)38-11-9-20(10-12-38)37(5)6/h7-8,13-17,20H,9-12H2,1-6H3,(H,34,35,36). The van der Waals surface area contributed by atoms with Crippen molar-refractivity contribution in [1.29, 1.82) is 0 Å². The minimum Gasteiger partial charge on any atom is -0.474 e. The van der Waals surface area contributed by atoms with Crippen LogP contribution in [0.5, 0.6) is 5.75 Å². The van der Waals surface area contributed by atoms with Crippen LogP contribution in [-0.2, 0) is 4.79 Å². The maximum Gasteiger partial charge on any atom is 0.270 e. The van der Waals surface area contributed by atoms with E-state index >= 15 is 8.78 Å². The Labute approximate surface area is 244 Å². The number of benzene rings is 2. The van der Waals surface area contributed by atoms with Crippen LogP contribution in [0.25, 0.3) is 11.3 Å². The molecule has 1 aromatic heterocycles. The van der Waals surface area contributed by atoms with Gasteiger partial charge in [-0.3, -0.25) is 4.79 Å². The molecule has 0 spiro atoms. The van der Waals surface area contributed by atoms with E-state index in [4.69, 9.17) is 16.3 Å². The smallest absolute Gasteiger partial charge is 0.270 e. The largest absolute Gasteiger partial charge is 0.474 e. The topological polar surface area (TPSA) is 73.8 Å². The second-order valence-electron chi connectivity index (χ2n) is 11.6. The molecule has 1 amide bonds. The Morgan fingerprint density at radius 1 is 1.10 bits per heavy atom. The van der Waals surface area contributed by atoms with Gasteiger partial charge >= 0.3 is 0 Å². The van der Waals surface area contributed by atoms with Crippen molar-refractivity contribution in [2.75, 3.05) is 42.3 Å². The third kappa shape index (κ3) is 5.67. The average Bonchev–Trinajstić information content (AvgIpc) is 2.91. The molecule has 41 heavy (non-hydrogen) atoms. The number of carbonyl (C=O) groups excluding carboxylic acids is 1. The number of ether oxygens (including phenoxy) is 1. The van der Waals surface area contributed by atoms with Gasteiger partial charge in [-0.1, -0.05) is 11.6 Å². The van der Waals surface area contributed by atoms with Gasteiger partial charge < -0.3 is 24.8 Å². The molecular formula is C30H35ClF2N6O2. The van der Waals surface area contributed by atoms with E-state index in [1.807, 2.05) is 13.8 Å². The van der Waals surface area contributed by atoms with Crippen molar-refractivity contribution in [3.8, 4) is 17.0 Å². The Balaban J connectivity index is 1.41. The van der Waals surface area contributed by atoms with E-state index in [1.165, 1.54) is 6.07 Å². The summed E-state index contributed by atoms with van der Waals surface area (Å²) in [4.78, 5) is 27.4. The van der Waals surface area contributed by atoms with Gasteiger partial charge in [0.1, 0.15) is 11.5 Å². The van der Waals surface area contributed by atoms with Gasteiger partial charge in [0, 0.05) is 36.4 Å². The summed E-state index contributed by atoms with van der Waals surface area (Å²) < 4.78 is 36.1. The van der Waals surface area contributed by atoms with Gasteiger partial charge in [0.2, 0.25) is 5.95 Å². The summed E-state index contributed by atoms with van der Waals surface area (Å²) in [7, 11) is 4.14. The van der Waals surface area contributed by atoms with Crippen molar-refractivity contribution in [1.82, 2.24) is 14.9 Å². The van der Waals surface area contributed by atoms with E-state index < -0.39 is 11.4 Å². The van der Waals surface area contributed by atoms with Gasteiger partial charge in [-0.25, -0.2) is 18.7 Å². The fourth-order valence-corrected chi connectivity index (χ4v) is 5.68. The second-order valence-corrected chi connectivity index (χ2v) is 12.0. The van der Waals surface area contributed by atoms with Crippen LogP contribution < -0.4 is 19.9 Å². The second kappa shape index (κ2) is 11.1. The monoisotopic (exact) mass is 584 g/mol. The zero-order chi connectivity index (χ0) is 29.6. The molecule has 5 rings (SSSR count). The number of piperidine rings is 1. The molecule has 1 N–H and O–H groups in total. The minimum atomic E-state index is -1.10. The molecule has 0 saturated carbocycles. The Kier molecular flexibility index (Phi) is 7.82. The van der Waals surface area contributed by atoms with E-state index in [1.54, 1.807) is 43.0 Å². The highest BCUT2D eigenvalue weighted by molar-refractivity contribution is 6.33. The lowest BCUT2D eigenvalue weighted by Crippen LogP contribution is -2.54. The fraction of sp³-hybridized carbons (Fsp3) is 0.433. The number of anilines is 4. The molecule has 1 saturated heterocycles. The Bertz CT molecular complexity index is 1470. The van der Waals surface area contributed by atoms with Crippen LogP contribution in [-0.4, -0.2) is 65.6 Å². The first-order valence-electron chi connectivity index (χ1n) is 13.7. The van der Waals surface area contributed by atoms with Crippen molar-refractivity contribution in [3.63, 3.8) is 0 Å². The van der Waals surface area contributed by atoms with E-state index in [9.17, 15) is 4.79 Å². The number of hydrogen-bond donors (Lipinski definition) is 1. The van der Waals surface area contributed by atoms with E-state index in [0.29, 0.717) is 34.4 Å². The number of fused-ring (bicyclic) bond motifs is 1. The summed E-state index contributed by atoms with van der Waals surface area (Å²) in [6.45, 7) is 8.69. The Morgan fingerprint density at radius 3 is 2.44 bits per heavy atom. The Morgan fingerprint density at radius 2 is 1.80 bits per heavy atom. The summed E-state index contributed by atoms with van der Waals surface area (Å²) in [6, 6.07) is 8.37. The predicted molar refractivity (Wildman–Crippen MR) is 158 cm³/mol. The molecular weight excluding hydrogens is 550 g/mol. The molecule has 1 fully saturated rings. The molecule has 0 bridgehead atoms. The molecule has 0 radical (unpaired) electrons. The number of nitrogens with one attached hydrogen (secondary N) is 1. The third-order valence-corrected chi connectivity index (χ3v) is 7.93. The zero-order valence-electron chi connectivity index (χ0n) is 24.1. The van der Waals surface area contributed by atoms with Gasteiger partial charge in [-0.15, -0.1) is 0 Å². The molecule has 11 heteroatoms. The first-order valence-corrected chi connectivity index (χ1v) is 14.1. The van der Waals surface area contributed by atoms with Crippen LogP contribution in [0.1, 0.15) is 40.5 Å². The van der Waals surface area contributed by atoms with Crippen LogP contribution in [0.15, 0.2) is 36.5 Å². The van der Waals surface area contributed by atoms with Crippen molar-refractivity contribution in [2.24, 2.45) is 0 Å². The van der Waals surface area contributed by atoms with Crippen LogP contribution in [0.2, 0.25) is 5.02 Å². The summed E-state index contributed by atoms with van der Waals surface area (Å²) in [5.41, 5.74) is 0.643. The maximum atomic E-state index is 15.1. The minimum absolute atomic E-state index is 0.0194. The highest BCUT2D eigenvalue weighted by Gasteiger charge is 2.43. The SMILES string of the molecule is CC(C)N1C(=O)C(C)(C)Oc2c(Cl)cc(-c3nc(Nc4ccc(N5CCC(N(C)C)CC5)c(F)c4)ncc3F)cc21. The number of halogens is 3. The van der Waals surface area contributed by atoms with Crippen LogP contribution in [0.3, 0.4) is 0 Å². The summed E-state index contributed by atoms with van der Waals surface area (Å²) in [5, 5.41) is 3.21. The Hall–Kier alpha value is -3.50. The molecule has 2 aliphatic heterocycles. The number of hydrogen-bond acceptors (Lipinski definition) is 7. The van der Waals surface area contributed by atoms with Gasteiger partial charge in [0.05, 0.1) is 22.6 Å². The van der Waals surface area contributed by atoms with Crippen LogP contribution in [0, 0.1) is 11.6 Å². The summed E-state index contributed by atoms with van der Waals surface area (Å²) in [6.07, 6.45) is 2.99. The van der Waals surface area contributed by atoms with Crippen molar-refractivity contribution in [3.05, 3.63) is 53.2 Å². The molecule has 2 aromatic carbocycles. The van der Waals surface area contributed by atoms with E-state index in [-0.39, 0.29) is 34.4 Å². The average molecular weight is 585 g/mol. The number of aromatic nitrogens is 2. The number of nitrogens with zero attached hydrogens (tertiary/aromatic N) is 5. The van der Waals surface area contributed by atoms with Crippen LogP contribution in [0.4, 0.5) is 31.8 Å². The number of rotatable bonds is 6. The third-order valence-electron chi connectivity index (χ3n) is 7.65. The van der Waals surface area contributed by atoms with Gasteiger partial charge in [0.15, 0.2) is 17.2 Å². The summed E-state index contributed by atoms with van der Waals surface area (Å²) in [5.74, 6) is -0.824. The van der Waals surface area contributed by atoms with E-state index in [0.717, 1.165) is 32.1 Å². The maximum absolute atomic E-state index is 15.1. The molecule has 0 atom stereocenters. The molecule has 0 aliphatic carbocycles.